The molecule has 2 rings (SSSR count). The number of ether oxygens (including phenoxy) is 2. The van der Waals surface area contributed by atoms with Gasteiger partial charge in [-0.3, -0.25) is 4.79 Å². The summed E-state index contributed by atoms with van der Waals surface area (Å²) in [6, 6.07) is 7.54. The molecule has 1 aliphatic heterocycles. The van der Waals surface area contributed by atoms with Crippen molar-refractivity contribution in [2.45, 2.75) is 32.5 Å². The second-order valence-electron chi connectivity index (χ2n) is 4.79. The lowest BCUT2D eigenvalue weighted by Crippen LogP contribution is -2.46. The lowest BCUT2D eigenvalue weighted by molar-refractivity contribution is -0.169. The molecule has 0 radical (unpaired) electrons. The van der Waals surface area contributed by atoms with Gasteiger partial charge in [0.1, 0.15) is 5.60 Å². The van der Waals surface area contributed by atoms with Crippen molar-refractivity contribution in [3.63, 3.8) is 0 Å². The Morgan fingerprint density at radius 1 is 1.47 bits per heavy atom. The number of fused-ring (bicyclic) bond motifs is 1. The summed E-state index contributed by atoms with van der Waals surface area (Å²) in [5.74, 6) is -0.971. The summed E-state index contributed by atoms with van der Waals surface area (Å²) in [5, 5.41) is 11.0. The summed E-state index contributed by atoms with van der Waals surface area (Å²) >= 11 is 0. The molecule has 1 N–H and O–H groups in total. The van der Waals surface area contributed by atoms with E-state index >= 15 is 0 Å². The zero-order valence-corrected chi connectivity index (χ0v) is 11.4. The van der Waals surface area contributed by atoms with Gasteiger partial charge < -0.3 is 14.6 Å². The predicted molar refractivity (Wildman–Crippen MR) is 70.4 cm³/mol. The number of hydrogen-bond acceptors (Lipinski definition) is 4. The summed E-state index contributed by atoms with van der Waals surface area (Å²) < 4.78 is 10.5. The molecule has 0 amide bonds. The van der Waals surface area contributed by atoms with Crippen LogP contribution in [0.4, 0.5) is 0 Å². The van der Waals surface area contributed by atoms with Gasteiger partial charge in [-0.1, -0.05) is 31.2 Å². The Kier molecular flexibility index (Phi) is 4.22. The molecule has 104 valence electrons. The highest BCUT2D eigenvalue weighted by atomic mass is 16.5. The van der Waals surface area contributed by atoms with Gasteiger partial charge in [0.2, 0.25) is 0 Å². The van der Waals surface area contributed by atoms with Crippen LogP contribution in [-0.2, 0) is 26.5 Å². The molecule has 0 fully saturated rings. The molecule has 2 unspecified atom stereocenters. The number of hydrogen-bond donors (Lipinski definition) is 1. The molecule has 0 saturated heterocycles. The number of esters is 1. The molecule has 0 aliphatic carbocycles. The van der Waals surface area contributed by atoms with E-state index in [-0.39, 0.29) is 12.6 Å². The first-order valence-electron chi connectivity index (χ1n) is 6.68. The molecule has 0 aromatic heterocycles. The number of carbonyl (C=O) groups is 1. The van der Waals surface area contributed by atoms with Gasteiger partial charge in [0.15, 0.2) is 0 Å². The van der Waals surface area contributed by atoms with Gasteiger partial charge in [0.25, 0.3) is 0 Å². The molecule has 0 spiro atoms. The largest absolute Gasteiger partial charge is 0.466 e. The van der Waals surface area contributed by atoms with Gasteiger partial charge in [-0.2, -0.15) is 0 Å². The Labute approximate surface area is 113 Å². The number of rotatable bonds is 4. The molecule has 0 bridgehead atoms. The Hall–Kier alpha value is -1.39. The molecule has 1 aliphatic rings. The topological polar surface area (TPSA) is 55.8 Å². The SMILES string of the molecule is CCOC(=O)C(CC)C1(O)COCc2ccccc21. The number of benzene rings is 1. The molecular weight excluding hydrogens is 244 g/mol. The Balaban J connectivity index is 2.39. The lowest BCUT2D eigenvalue weighted by atomic mass is 9.77. The minimum absolute atomic E-state index is 0.126. The van der Waals surface area contributed by atoms with Crippen LogP contribution < -0.4 is 0 Å². The van der Waals surface area contributed by atoms with Gasteiger partial charge in [-0.05, 0) is 24.5 Å². The van der Waals surface area contributed by atoms with Crippen molar-refractivity contribution in [3.8, 4) is 0 Å². The molecule has 0 saturated carbocycles. The molecule has 1 aromatic carbocycles. The third-order valence-corrected chi connectivity index (χ3v) is 3.62. The normalized spacial score (nSPS) is 23.5. The summed E-state index contributed by atoms with van der Waals surface area (Å²) in [7, 11) is 0. The predicted octanol–water partition coefficient (Wildman–Crippen LogP) is 1.99. The highest BCUT2D eigenvalue weighted by molar-refractivity contribution is 5.74. The minimum Gasteiger partial charge on any atom is -0.466 e. The Morgan fingerprint density at radius 3 is 2.89 bits per heavy atom. The highest BCUT2D eigenvalue weighted by Gasteiger charge is 2.46. The van der Waals surface area contributed by atoms with Crippen molar-refractivity contribution in [3.05, 3.63) is 35.4 Å². The van der Waals surface area contributed by atoms with Crippen LogP contribution in [0.25, 0.3) is 0 Å². The van der Waals surface area contributed by atoms with Gasteiger partial charge in [0, 0.05) is 0 Å². The lowest BCUT2D eigenvalue weighted by Gasteiger charge is -2.38. The molecule has 2 atom stereocenters. The highest BCUT2D eigenvalue weighted by Crippen LogP contribution is 2.38. The maximum Gasteiger partial charge on any atom is 0.312 e. The van der Waals surface area contributed by atoms with Crippen LogP contribution >= 0.6 is 0 Å². The van der Waals surface area contributed by atoms with E-state index in [9.17, 15) is 9.90 Å². The quantitative estimate of drug-likeness (QED) is 0.845. The van der Waals surface area contributed by atoms with E-state index in [0.29, 0.717) is 19.6 Å². The van der Waals surface area contributed by atoms with E-state index in [4.69, 9.17) is 9.47 Å². The smallest absolute Gasteiger partial charge is 0.312 e. The first-order valence-corrected chi connectivity index (χ1v) is 6.68. The summed E-state index contributed by atoms with van der Waals surface area (Å²) in [6.45, 7) is 4.55. The number of carbonyl (C=O) groups excluding carboxylic acids is 1. The van der Waals surface area contributed by atoms with Crippen LogP contribution in [0.1, 0.15) is 31.4 Å². The molecular formula is C15H20O4. The standard InChI is InChI=1S/C15H20O4/c1-3-12(14(16)19-4-2)15(17)10-18-9-11-7-5-6-8-13(11)15/h5-8,12,17H,3-4,9-10H2,1-2H3. The average molecular weight is 264 g/mol. The monoisotopic (exact) mass is 264 g/mol. The van der Waals surface area contributed by atoms with E-state index < -0.39 is 11.5 Å². The van der Waals surface area contributed by atoms with Crippen molar-refractivity contribution in [1.29, 1.82) is 0 Å². The van der Waals surface area contributed by atoms with Crippen molar-refractivity contribution in [2.75, 3.05) is 13.2 Å². The van der Waals surface area contributed by atoms with Gasteiger partial charge in [-0.25, -0.2) is 0 Å². The maximum absolute atomic E-state index is 12.1. The van der Waals surface area contributed by atoms with E-state index in [0.717, 1.165) is 11.1 Å². The summed E-state index contributed by atoms with van der Waals surface area (Å²) in [5.41, 5.74) is 0.413. The second kappa shape index (κ2) is 5.72. The number of aliphatic hydroxyl groups is 1. The van der Waals surface area contributed by atoms with Crippen LogP contribution in [0.15, 0.2) is 24.3 Å². The average Bonchev–Trinajstić information content (AvgIpc) is 2.40. The molecule has 1 heterocycles. The third-order valence-electron chi connectivity index (χ3n) is 3.62. The van der Waals surface area contributed by atoms with Crippen LogP contribution in [0.3, 0.4) is 0 Å². The summed E-state index contributed by atoms with van der Waals surface area (Å²) in [6.07, 6.45) is 0.507. The van der Waals surface area contributed by atoms with Crippen molar-refractivity contribution in [1.82, 2.24) is 0 Å². The first kappa shape index (κ1) is 14.0. The van der Waals surface area contributed by atoms with Crippen molar-refractivity contribution in [2.24, 2.45) is 5.92 Å². The van der Waals surface area contributed by atoms with Crippen molar-refractivity contribution < 1.29 is 19.4 Å². The molecule has 1 aromatic rings. The van der Waals surface area contributed by atoms with E-state index in [1.165, 1.54) is 0 Å². The fourth-order valence-electron chi connectivity index (χ4n) is 2.69. The zero-order valence-electron chi connectivity index (χ0n) is 11.4. The van der Waals surface area contributed by atoms with Crippen LogP contribution in [-0.4, -0.2) is 24.3 Å². The van der Waals surface area contributed by atoms with Crippen LogP contribution in [0, 0.1) is 5.92 Å². The van der Waals surface area contributed by atoms with E-state index in [1.807, 2.05) is 31.2 Å². The van der Waals surface area contributed by atoms with Gasteiger partial charge in [-0.15, -0.1) is 0 Å². The third kappa shape index (κ3) is 2.51. The van der Waals surface area contributed by atoms with E-state index in [2.05, 4.69) is 0 Å². The second-order valence-corrected chi connectivity index (χ2v) is 4.79. The van der Waals surface area contributed by atoms with Crippen LogP contribution in [0.2, 0.25) is 0 Å². The van der Waals surface area contributed by atoms with Crippen LogP contribution in [0.5, 0.6) is 0 Å². The van der Waals surface area contributed by atoms with Crippen molar-refractivity contribution >= 4 is 5.97 Å². The van der Waals surface area contributed by atoms with Gasteiger partial charge >= 0.3 is 5.97 Å². The minimum atomic E-state index is -1.30. The molecule has 19 heavy (non-hydrogen) atoms. The fourth-order valence-corrected chi connectivity index (χ4v) is 2.69. The molecule has 4 heteroatoms. The Morgan fingerprint density at radius 2 is 2.21 bits per heavy atom. The Bertz CT molecular complexity index is 457. The zero-order chi connectivity index (χ0) is 13.9. The summed E-state index contributed by atoms with van der Waals surface area (Å²) in [4.78, 5) is 12.1. The fraction of sp³-hybridized carbons (Fsp3) is 0.533. The van der Waals surface area contributed by atoms with Gasteiger partial charge in [0.05, 0.1) is 25.7 Å². The first-order chi connectivity index (χ1) is 9.13. The maximum atomic E-state index is 12.1. The van der Waals surface area contributed by atoms with E-state index in [1.54, 1.807) is 6.92 Å². The molecule has 4 nitrogen and oxygen atoms in total.